The van der Waals surface area contributed by atoms with E-state index < -0.39 is 0 Å². The number of nitrogens with zero attached hydrogens (tertiary/aromatic N) is 4. The number of aromatic amines is 1. The Balaban J connectivity index is 1.65. The van der Waals surface area contributed by atoms with Crippen molar-refractivity contribution in [1.29, 1.82) is 0 Å². The van der Waals surface area contributed by atoms with E-state index in [4.69, 9.17) is 0 Å². The Bertz CT molecular complexity index is 671. The fourth-order valence-electron chi connectivity index (χ4n) is 2.04. The summed E-state index contributed by atoms with van der Waals surface area (Å²) in [5.74, 6) is 0.932. The van der Waals surface area contributed by atoms with E-state index in [-0.39, 0.29) is 0 Å². The first-order chi connectivity index (χ1) is 9.79. The molecular formula is C14H16N6. The van der Waals surface area contributed by atoms with Gasteiger partial charge >= 0.3 is 0 Å². The zero-order chi connectivity index (χ0) is 13.8. The molecule has 0 spiro atoms. The summed E-state index contributed by atoms with van der Waals surface area (Å²) in [6.45, 7) is 3.40. The van der Waals surface area contributed by atoms with Gasteiger partial charge < -0.3 is 10.3 Å². The molecule has 0 saturated heterocycles. The quantitative estimate of drug-likeness (QED) is 0.742. The second kappa shape index (κ2) is 5.56. The van der Waals surface area contributed by atoms with Crippen LogP contribution >= 0.6 is 0 Å². The molecule has 0 aliphatic heterocycles. The van der Waals surface area contributed by atoms with Crippen molar-refractivity contribution in [2.24, 2.45) is 0 Å². The maximum atomic E-state index is 4.18. The fraction of sp³-hybridized carbons (Fsp3) is 0.214. The van der Waals surface area contributed by atoms with Crippen molar-refractivity contribution >= 4 is 5.69 Å². The van der Waals surface area contributed by atoms with E-state index >= 15 is 0 Å². The molecule has 0 amide bonds. The van der Waals surface area contributed by atoms with E-state index in [1.165, 1.54) is 5.56 Å². The molecular weight excluding hydrogens is 252 g/mol. The zero-order valence-electron chi connectivity index (χ0n) is 11.2. The molecule has 3 aromatic rings. The summed E-state index contributed by atoms with van der Waals surface area (Å²) in [5, 5.41) is 7.49. The van der Waals surface area contributed by atoms with Gasteiger partial charge in [0, 0.05) is 5.69 Å². The highest BCUT2D eigenvalue weighted by Gasteiger charge is 2.00. The molecule has 102 valence electrons. The van der Waals surface area contributed by atoms with E-state index in [9.17, 15) is 0 Å². The molecule has 0 radical (unpaired) electrons. The number of benzene rings is 1. The van der Waals surface area contributed by atoms with Crippen LogP contribution in [-0.4, -0.2) is 24.7 Å². The number of anilines is 1. The lowest BCUT2D eigenvalue weighted by Crippen LogP contribution is -2.03. The minimum Gasteiger partial charge on any atom is -0.379 e. The Labute approximate surface area is 116 Å². The Morgan fingerprint density at radius 1 is 1.35 bits per heavy atom. The van der Waals surface area contributed by atoms with E-state index in [1.54, 1.807) is 17.3 Å². The highest BCUT2D eigenvalue weighted by Crippen LogP contribution is 2.12. The van der Waals surface area contributed by atoms with Gasteiger partial charge in [0.15, 0.2) is 0 Å². The van der Waals surface area contributed by atoms with E-state index in [0.717, 1.165) is 30.3 Å². The monoisotopic (exact) mass is 268 g/mol. The molecule has 6 nitrogen and oxygen atoms in total. The molecule has 0 aliphatic rings. The van der Waals surface area contributed by atoms with Gasteiger partial charge in [0.1, 0.15) is 18.5 Å². The summed E-state index contributed by atoms with van der Waals surface area (Å²) in [7, 11) is 0. The number of rotatable bonds is 5. The third-order valence-corrected chi connectivity index (χ3v) is 2.98. The molecule has 2 aromatic heterocycles. The maximum Gasteiger partial charge on any atom is 0.137 e. The van der Waals surface area contributed by atoms with Crippen molar-refractivity contribution in [3.63, 3.8) is 0 Å². The lowest BCUT2D eigenvalue weighted by molar-refractivity contribution is 0.685. The molecule has 0 bridgehead atoms. The number of aromatic nitrogens is 5. The van der Waals surface area contributed by atoms with Crippen molar-refractivity contribution in [2.45, 2.75) is 20.0 Å². The van der Waals surface area contributed by atoms with Crippen molar-refractivity contribution in [2.75, 3.05) is 5.32 Å². The molecule has 0 atom stereocenters. The highest BCUT2D eigenvalue weighted by atomic mass is 15.3. The van der Waals surface area contributed by atoms with E-state index in [0.29, 0.717) is 0 Å². The highest BCUT2D eigenvalue weighted by molar-refractivity contribution is 5.45. The third kappa shape index (κ3) is 3.03. The van der Waals surface area contributed by atoms with Crippen LogP contribution in [0, 0.1) is 6.92 Å². The molecule has 0 fully saturated rings. The summed E-state index contributed by atoms with van der Waals surface area (Å²) in [6, 6.07) is 8.28. The summed E-state index contributed by atoms with van der Waals surface area (Å²) in [5.41, 5.74) is 3.33. The van der Waals surface area contributed by atoms with Crippen LogP contribution in [0.1, 0.15) is 17.1 Å². The van der Waals surface area contributed by atoms with Crippen molar-refractivity contribution in [1.82, 2.24) is 24.7 Å². The van der Waals surface area contributed by atoms with Crippen LogP contribution < -0.4 is 5.32 Å². The molecule has 20 heavy (non-hydrogen) atoms. The van der Waals surface area contributed by atoms with Crippen LogP contribution in [0.5, 0.6) is 0 Å². The standard InChI is InChI=1S/C14H16N6/c1-11-16-6-14(19-11)7-17-13-4-2-3-12(5-13)8-20-10-15-9-18-20/h2-6,9-10,17H,7-8H2,1H3,(H,16,19). The molecule has 0 saturated carbocycles. The average Bonchev–Trinajstić information content (AvgIpc) is 3.09. The SMILES string of the molecule is Cc1ncc(CNc2cccc(Cn3cncn3)c2)[nH]1. The van der Waals surface area contributed by atoms with Gasteiger partial charge in [-0.05, 0) is 24.6 Å². The van der Waals surface area contributed by atoms with Gasteiger partial charge in [0.25, 0.3) is 0 Å². The first-order valence-corrected chi connectivity index (χ1v) is 6.45. The largest absolute Gasteiger partial charge is 0.379 e. The third-order valence-electron chi connectivity index (χ3n) is 2.98. The van der Waals surface area contributed by atoms with Gasteiger partial charge in [-0.2, -0.15) is 5.10 Å². The Morgan fingerprint density at radius 3 is 3.05 bits per heavy atom. The fourth-order valence-corrected chi connectivity index (χ4v) is 2.04. The molecule has 3 rings (SSSR count). The number of hydrogen-bond acceptors (Lipinski definition) is 4. The number of nitrogens with one attached hydrogen (secondary N) is 2. The number of H-pyrrole nitrogens is 1. The predicted molar refractivity (Wildman–Crippen MR) is 76.2 cm³/mol. The summed E-state index contributed by atoms with van der Waals surface area (Å²) < 4.78 is 1.80. The van der Waals surface area contributed by atoms with Crippen LogP contribution in [-0.2, 0) is 13.1 Å². The topological polar surface area (TPSA) is 71.4 Å². The second-order valence-electron chi connectivity index (χ2n) is 4.64. The molecule has 0 unspecified atom stereocenters. The number of aryl methyl sites for hydroxylation is 1. The summed E-state index contributed by atoms with van der Waals surface area (Å²) >= 11 is 0. The normalized spacial score (nSPS) is 10.7. The molecule has 1 aromatic carbocycles. The molecule has 6 heteroatoms. The molecule has 0 aliphatic carbocycles. The maximum absolute atomic E-state index is 4.18. The zero-order valence-corrected chi connectivity index (χ0v) is 11.2. The van der Waals surface area contributed by atoms with Gasteiger partial charge in [-0.3, -0.25) is 0 Å². The smallest absolute Gasteiger partial charge is 0.137 e. The van der Waals surface area contributed by atoms with Crippen LogP contribution in [0.4, 0.5) is 5.69 Å². The van der Waals surface area contributed by atoms with E-state index in [1.807, 2.05) is 25.3 Å². The minimum atomic E-state index is 0.721. The van der Waals surface area contributed by atoms with Gasteiger partial charge in [0.05, 0.1) is 25.0 Å². The van der Waals surface area contributed by atoms with Gasteiger partial charge in [-0.1, -0.05) is 12.1 Å². The Kier molecular flexibility index (Phi) is 3.45. The lowest BCUT2D eigenvalue weighted by atomic mass is 10.2. The number of imidazole rings is 1. The van der Waals surface area contributed by atoms with Crippen molar-refractivity contribution in [3.05, 3.63) is 60.2 Å². The van der Waals surface area contributed by atoms with Gasteiger partial charge in [-0.15, -0.1) is 0 Å². The number of hydrogen-bond donors (Lipinski definition) is 2. The van der Waals surface area contributed by atoms with Crippen molar-refractivity contribution < 1.29 is 0 Å². The Morgan fingerprint density at radius 2 is 2.30 bits per heavy atom. The van der Waals surface area contributed by atoms with Gasteiger partial charge in [0.2, 0.25) is 0 Å². The van der Waals surface area contributed by atoms with Crippen LogP contribution in [0.3, 0.4) is 0 Å². The van der Waals surface area contributed by atoms with Crippen molar-refractivity contribution in [3.8, 4) is 0 Å². The first kappa shape index (κ1) is 12.4. The Hall–Kier alpha value is -2.63. The van der Waals surface area contributed by atoms with Crippen LogP contribution in [0.2, 0.25) is 0 Å². The minimum absolute atomic E-state index is 0.721. The molecule has 2 heterocycles. The van der Waals surface area contributed by atoms with E-state index in [2.05, 4.69) is 37.5 Å². The first-order valence-electron chi connectivity index (χ1n) is 6.45. The van der Waals surface area contributed by atoms with Gasteiger partial charge in [-0.25, -0.2) is 14.6 Å². The average molecular weight is 268 g/mol. The molecule has 2 N–H and O–H groups in total. The lowest BCUT2D eigenvalue weighted by Gasteiger charge is -2.07. The van der Waals surface area contributed by atoms with Crippen LogP contribution in [0.25, 0.3) is 0 Å². The predicted octanol–water partition coefficient (Wildman–Crippen LogP) is 1.97. The second-order valence-corrected chi connectivity index (χ2v) is 4.64. The van der Waals surface area contributed by atoms with Crippen LogP contribution in [0.15, 0.2) is 43.1 Å². The summed E-state index contributed by atoms with van der Waals surface area (Å²) in [4.78, 5) is 11.3. The summed E-state index contributed by atoms with van der Waals surface area (Å²) in [6.07, 6.45) is 5.11.